The molecule has 7 heteroatoms. The number of hydrogen-bond donors (Lipinski definition) is 1. The van der Waals surface area contributed by atoms with Crippen molar-refractivity contribution in [3.05, 3.63) is 29.3 Å². The van der Waals surface area contributed by atoms with E-state index in [2.05, 4.69) is 20.8 Å². The average molecular weight is 305 g/mol. The van der Waals surface area contributed by atoms with Crippen LogP contribution in [0, 0.1) is 13.8 Å². The Kier molecular flexibility index (Phi) is 4.95. The SMILES string of the molecule is Cc1cccc(NC(=O)CSc2nnnn2C(C)C)c1C. The molecule has 0 unspecified atom stereocenters. The van der Waals surface area contributed by atoms with Gasteiger partial charge in [0.25, 0.3) is 0 Å². The van der Waals surface area contributed by atoms with Crippen LogP contribution in [0.5, 0.6) is 0 Å². The molecule has 0 spiro atoms. The molecule has 21 heavy (non-hydrogen) atoms. The Balaban J connectivity index is 1.96. The molecule has 0 aliphatic heterocycles. The van der Waals surface area contributed by atoms with Crippen LogP contribution in [0.4, 0.5) is 5.69 Å². The maximum absolute atomic E-state index is 12.0. The summed E-state index contributed by atoms with van der Waals surface area (Å²) >= 11 is 1.33. The largest absolute Gasteiger partial charge is 0.325 e. The van der Waals surface area contributed by atoms with Crippen molar-refractivity contribution >= 4 is 23.4 Å². The molecule has 0 fully saturated rings. The summed E-state index contributed by atoms with van der Waals surface area (Å²) in [6.45, 7) is 8.01. The second-order valence-corrected chi connectivity index (χ2v) is 6.03. The molecule has 2 aromatic rings. The lowest BCUT2D eigenvalue weighted by atomic mass is 10.1. The number of carbonyl (C=O) groups is 1. The molecule has 1 amide bonds. The highest BCUT2D eigenvalue weighted by molar-refractivity contribution is 7.99. The number of tetrazole rings is 1. The molecule has 0 radical (unpaired) electrons. The van der Waals surface area contributed by atoms with E-state index in [4.69, 9.17) is 0 Å². The van der Waals surface area contributed by atoms with Crippen LogP contribution in [0.3, 0.4) is 0 Å². The summed E-state index contributed by atoms with van der Waals surface area (Å²) in [5.74, 6) is 0.215. The van der Waals surface area contributed by atoms with Gasteiger partial charge >= 0.3 is 0 Å². The summed E-state index contributed by atoms with van der Waals surface area (Å²) in [5, 5.41) is 15.1. The van der Waals surface area contributed by atoms with Gasteiger partial charge in [-0.3, -0.25) is 4.79 Å². The van der Waals surface area contributed by atoms with Crippen molar-refractivity contribution in [2.75, 3.05) is 11.1 Å². The average Bonchev–Trinajstić information content (AvgIpc) is 2.90. The number of thioether (sulfide) groups is 1. The van der Waals surface area contributed by atoms with E-state index < -0.39 is 0 Å². The van der Waals surface area contributed by atoms with Gasteiger partial charge in [0, 0.05) is 5.69 Å². The normalized spacial score (nSPS) is 10.9. The minimum Gasteiger partial charge on any atom is -0.325 e. The first kappa shape index (κ1) is 15.5. The highest BCUT2D eigenvalue weighted by Crippen LogP contribution is 2.20. The number of nitrogens with zero attached hydrogens (tertiary/aromatic N) is 4. The first-order valence-corrected chi connectivity index (χ1v) is 7.74. The van der Waals surface area contributed by atoms with Crippen LogP contribution in [0.15, 0.2) is 23.4 Å². The third kappa shape index (κ3) is 3.81. The van der Waals surface area contributed by atoms with Crippen LogP contribution in [-0.2, 0) is 4.79 Å². The molecule has 0 atom stereocenters. The van der Waals surface area contributed by atoms with E-state index in [1.165, 1.54) is 11.8 Å². The fourth-order valence-electron chi connectivity index (χ4n) is 1.81. The quantitative estimate of drug-likeness (QED) is 0.860. The number of carbonyl (C=O) groups excluding carboxylic acids is 1. The van der Waals surface area contributed by atoms with Gasteiger partial charge in [-0.15, -0.1) is 5.10 Å². The van der Waals surface area contributed by atoms with E-state index in [1.54, 1.807) is 4.68 Å². The van der Waals surface area contributed by atoms with E-state index >= 15 is 0 Å². The van der Waals surface area contributed by atoms with Crippen molar-refractivity contribution in [2.24, 2.45) is 0 Å². The lowest BCUT2D eigenvalue weighted by Gasteiger charge is -2.10. The lowest BCUT2D eigenvalue weighted by molar-refractivity contribution is -0.113. The molecule has 0 aliphatic carbocycles. The van der Waals surface area contributed by atoms with Gasteiger partial charge in [0.1, 0.15) is 0 Å². The van der Waals surface area contributed by atoms with E-state index in [-0.39, 0.29) is 17.7 Å². The Morgan fingerprint density at radius 2 is 2.14 bits per heavy atom. The summed E-state index contributed by atoms with van der Waals surface area (Å²) in [7, 11) is 0. The Labute approximate surface area is 128 Å². The van der Waals surface area contributed by atoms with E-state index in [0.29, 0.717) is 5.16 Å². The predicted octanol–water partition coefficient (Wildman–Crippen LogP) is 2.60. The molecule has 1 aromatic carbocycles. The molecule has 0 aliphatic rings. The Bertz CT molecular complexity index is 638. The van der Waals surface area contributed by atoms with Crippen LogP contribution >= 0.6 is 11.8 Å². The molecule has 1 aromatic heterocycles. The highest BCUT2D eigenvalue weighted by Gasteiger charge is 2.12. The number of aryl methyl sites for hydroxylation is 1. The molecule has 2 rings (SSSR count). The monoisotopic (exact) mass is 305 g/mol. The molecular formula is C14H19N5OS. The molecule has 0 saturated heterocycles. The molecule has 1 N–H and O–H groups in total. The third-order valence-electron chi connectivity index (χ3n) is 3.16. The summed E-state index contributed by atoms with van der Waals surface area (Å²) < 4.78 is 1.70. The lowest BCUT2D eigenvalue weighted by Crippen LogP contribution is -2.16. The fraction of sp³-hybridized carbons (Fsp3) is 0.429. The predicted molar refractivity (Wildman–Crippen MR) is 83.5 cm³/mol. The summed E-state index contributed by atoms with van der Waals surface area (Å²) in [4.78, 5) is 12.0. The number of nitrogens with one attached hydrogen (secondary N) is 1. The van der Waals surface area contributed by atoms with Gasteiger partial charge < -0.3 is 5.32 Å². The van der Waals surface area contributed by atoms with Gasteiger partial charge in [-0.2, -0.15) is 0 Å². The van der Waals surface area contributed by atoms with Crippen molar-refractivity contribution < 1.29 is 4.79 Å². The zero-order valence-corrected chi connectivity index (χ0v) is 13.4. The van der Waals surface area contributed by atoms with Crippen molar-refractivity contribution in [1.82, 2.24) is 20.2 Å². The Morgan fingerprint density at radius 3 is 2.86 bits per heavy atom. The van der Waals surface area contributed by atoms with Crippen LogP contribution < -0.4 is 5.32 Å². The summed E-state index contributed by atoms with van der Waals surface area (Å²) in [6.07, 6.45) is 0. The minimum atomic E-state index is -0.0630. The Hall–Kier alpha value is -1.89. The number of amides is 1. The van der Waals surface area contributed by atoms with Gasteiger partial charge in [-0.1, -0.05) is 23.9 Å². The second kappa shape index (κ2) is 6.71. The van der Waals surface area contributed by atoms with Crippen LogP contribution in [0.25, 0.3) is 0 Å². The molecule has 6 nitrogen and oxygen atoms in total. The van der Waals surface area contributed by atoms with E-state index in [1.807, 2.05) is 45.9 Å². The van der Waals surface area contributed by atoms with Crippen molar-refractivity contribution in [2.45, 2.75) is 38.9 Å². The smallest absolute Gasteiger partial charge is 0.234 e. The number of hydrogen-bond acceptors (Lipinski definition) is 5. The molecular weight excluding hydrogens is 286 g/mol. The van der Waals surface area contributed by atoms with Crippen molar-refractivity contribution in [3.8, 4) is 0 Å². The summed E-state index contributed by atoms with van der Waals surface area (Å²) in [6, 6.07) is 6.04. The first-order chi connectivity index (χ1) is 9.99. The number of rotatable bonds is 5. The van der Waals surface area contributed by atoms with E-state index in [9.17, 15) is 4.79 Å². The molecule has 0 saturated carbocycles. The highest BCUT2D eigenvalue weighted by atomic mass is 32.2. The standard InChI is InChI=1S/C14H19N5OS/c1-9(2)19-14(16-17-18-19)21-8-13(20)15-12-7-5-6-10(3)11(12)4/h5-7,9H,8H2,1-4H3,(H,15,20). The topological polar surface area (TPSA) is 72.7 Å². The zero-order chi connectivity index (χ0) is 15.4. The van der Waals surface area contributed by atoms with Gasteiger partial charge in [-0.05, 0) is 55.3 Å². The number of anilines is 1. The first-order valence-electron chi connectivity index (χ1n) is 6.75. The molecule has 112 valence electrons. The van der Waals surface area contributed by atoms with Gasteiger partial charge in [0.2, 0.25) is 11.1 Å². The zero-order valence-electron chi connectivity index (χ0n) is 12.6. The maximum Gasteiger partial charge on any atom is 0.234 e. The molecule has 1 heterocycles. The third-order valence-corrected chi connectivity index (χ3v) is 4.10. The van der Waals surface area contributed by atoms with Crippen molar-refractivity contribution in [3.63, 3.8) is 0 Å². The van der Waals surface area contributed by atoms with E-state index in [0.717, 1.165) is 16.8 Å². The number of benzene rings is 1. The summed E-state index contributed by atoms with van der Waals surface area (Å²) in [5.41, 5.74) is 3.09. The Morgan fingerprint density at radius 1 is 1.38 bits per heavy atom. The fourth-order valence-corrected chi connectivity index (χ4v) is 2.61. The molecule has 0 bridgehead atoms. The van der Waals surface area contributed by atoms with Crippen LogP contribution in [0.2, 0.25) is 0 Å². The van der Waals surface area contributed by atoms with Gasteiger partial charge in [0.05, 0.1) is 11.8 Å². The van der Waals surface area contributed by atoms with Gasteiger partial charge in [-0.25, -0.2) is 4.68 Å². The van der Waals surface area contributed by atoms with Crippen molar-refractivity contribution in [1.29, 1.82) is 0 Å². The van der Waals surface area contributed by atoms with Crippen LogP contribution in [-0.4, -0.2) is 31.9 Å². The van der Waals surface area contributed by atoms with Gasteiger partial charge in [0.15, 0.2) is 0 Å². The van der Waals surface area contributed by atoms with Crippen LogP contribution in [0.1, 0.15) is 31.0 Å². The second-order valence-electron chi connectivity index (χ2n) is 5.08. The maximum atomic E-state index is 12.0. The number of aromatic nitrogens is 4. The minimum absolute atomic E-state index is 0.0630.